The first-order valence-electron chi connectivity index (χ1n) is 5.28. The number of ether oxygens (including phenoxy) is 1. The van der Waals surface area contributed by atoms with Crippen molar-refractivity contribution in [1.29, 1.82) is 0 Å². The molecule has 0 bridgehead atoms. The maximum atomic E-state index is 12.8. The topological polar surface area (TPSA) is 9.23 Å². The van der Waals surface area contributed by atoms with Gasteiger partial charge in [-0.15, -0.1) is 0 Å². The van der Waals surface area contributed by atoms with Crippen molar-refractivity contribution in [3.8, 4) is 5.75 Å². The molecule has 0 N–H and O–H groups in total. The zero-order valence-electron chi connectivity index (χ0n) is 9.41. The summed E-state index contributed by atoms with van der Waals surface area (Å²) in [7, 11) is 0. The van der Waals surface area contributed by atoms with Crippen LogP contribution in [-0.4, -0.2) is 0 Å². The van der Waals surface area contributed by atoms with Crippen molar-refractivity contribution in [2.45, 2.75) is 13.5 Å². The van der Waals surface area contributed by atoms with Crippen LogP contribution in [0.4, 0.5) is 4.39 Å². The molecule has 88 valence electrons. The van der Waals surface area contributed by atoms with E-state index in [0.717, 1.165) is 11.3 Å². The van der Waals surface area contributed by atoms with E-state index in [4.69, 9.17) is 16.3 Å². The summed E-state index contributed by atoms with van der Waals surface area (Å²) < 4.78 is 18.4. The highest BCUT2D eigenvalue weighted by molar-refractivity contribution is 6.31. The Morgan fingerprint density at radius 2 is 1.82 bits per heavy atom. The summed E-state index contributed by atoms with van der Waals surface area (Å²) in [6.45, 7) is 2.35. The van der Waals surface area contributed by atoms with E-state index >= 15 is 0 Å². The van der Waals surface area contributed by atoms with Crippen LogP contribution in [0.25, 0.3) is 0 Å². The zero-order valence-corrected chi connectivity index (χ0v) is 10.2. The standard InChI is InChI=1S/C14H12ClFO/c1-10-2-6-13(7-3-10)17-9-11-4-5-12(16)8-14(11)15/h2-8H,9H2,1H3. The van der Waals surface area contributed by atoms with Crippen molar-refractivity contribution < 1.29 is 9.13 Å². The van der Waals surface area contributed by atoms with Gasteiger partial charge < -0.3 is 4.74 Å². The molecule has 0 spiro atoms. The molecule has 0 saturated heterocycles. The molecule has 0 atom stereocenters. The normalized spacial score (nSPS) is 10.3. The first-order valence-corrected chi connectivity index (χ1v) is 5.66. The Labute approximate surface area is 105 Å². The van der Waals surface area contributed by atoms with E-state index in [9.17, 15) is 4.39 Å². The summed E-state index contributed by atoms with van der Waals surface area (Å²) in [5, 5.41) is 0.386. The van der Waals surface area contributed by atoms with Crippen LogP contribution in [0, 0.1) is 12.7 Å². The Morgan fingerprint density at radius 3 is 2.47 bits per heavy atom. The van der Waals surface area contributed by atoms with Gasteiger partial charge in [0.05, 0.1) is 5.02 Å². The molecule has 0 heterocycles. The second-order valence-corrected chi connectivity index (χ2v) is 4.24. The molecule has 0 fully saturated rings. The second kappa shape index (κ2) is 5.19. The third-order valence-corrected chi connectivity index (χ3v) is 2.78. The van der Waals surface area contributed by atoms with Crippen LogP contribution in [0.5, 0.6) is 5.75 Å². The lowest BCUT2D eigenvalue weighted by molar-refractivity contribution is 0.306. The molecule has 0 saturated carbocycles. The van der Waals surface area contributed by atoms with Crippen LogP contribution >= 0.6 is 11.6 Å². The molecule has 1 nitrogen and oxygen atoms in total. The van der Waals surface area contributed by atoms with Crippen molar-refractivity contribution in [2.24, 2.45) is 0 Å². The van der Waals surface area contributed by atoms with Crippen LogP contribution in [-0.2, 0) is 6.61 Å². The molecule has 2 aromatic rings. The van der Waals surface area contributed by atoms with E-state index in [2.05, 4.69) is 0 Å². The molecule has 17 heavy (non-hydrogen) atoms. The van der Waals surface area contributed by atoms with E-state index in [-0.39, 0.29) is 5.82 Å². The van der Waals surface area contributed by atoms with Gasteiger partial charge >= 0.3 is 0 Å². The van der Waals surface area contributed by atoms with Crippen molar-refractivity contribution in [3.05, 3.63) is 64.4 Å². The van der Waals surface area contributed by atoms with Gasteiger partial charge in [0.25, 0.3) is 0 Å². The van der Waals surface area contributed by atoms with Gasteiger partial charge in [-0.25, -0.2) is 4.39 Å². The lowest BCUT2D eigenvalue weighted by Crippen LogP contribution is -1.96. The van der Waals surface area contributed by atoms with Gasteiger partial charge in [-0.1, -0.05) is 35.4 Å². The number of halogens is 2. The Morgan fingerprint density at radius 1 is 1.12 bits per heavy atom. The SMILES string of the molecule is Cc1ccc(OCc2ccc(F)cc2Cl)cc1. The molecule has 0 aliphatic heterocycles. The molecule has 0 aliphatic rings. The first kappa shape index (κ1) is 11.9. The Bertz CT molecular complexity index is 508. The minimum Gasteiger partial charge on any atom is -0.489 e. The van der Waals surface area contributed by atoms with Gasteiger partial charge in [0.2, 0.25) is 0 Å². The minimum absolute atomic E-state index is 0.335. The van der Waals surface area contributed by atoms with Crippen molar-refractivity contribution in [3.63, 3.8) is 0 Å². The van der Waals surface area contributed by atoms with Gasteiger partial charge in [0.1, 0.15) is 18.2 Å². The maximum Gasteiger partial charge on any atom is 0.124 e. The van der Waals surface area contributed by atoms with Crippen LogP contribution in [0.1, 0.15) is 11.1 Å². The highest BCUT2D eigenvalue weighted by atomic mass is 35.5. The van der Waals surface area contributed by atoms with Crippen molar-refractivity contribution >= 4 is 11.6 Å². The van der Waals surface area contributed by atoms with Crippen molar-refractivity contribution in [2.75, 3.05) is 0 Å². The predicted octanol–water partition coefficient (Wildman–Crippen LogP) is 4.37. The fourth-order valence-corrected chi connectivity index (χ4v) is 1.66. The van der Waals surface area contributed by atoms with Gasteiger partial charge in [0, 0.05) is 5.56 Å². The van der Waals surface area contributed by atoms with Crippen LogP contribution in [0.15, 0.2) is 42.5 Å². The van der Waals surface area contributed by atoms with Gasteiger partial charge in [-0.3, -0.25) is 0 Å². The van der Waals surface area contributed by atoms with E-state index in [0.29, 0.717) is 11.6 Å². The molecule has 0 radical (unpaired) electrons. The molecule has 2 aromatic carbocycles. The average molecular weight is 251 g/mol. The number of hydrogen-bond acceptors (Lipinski definition) is 1. The molecule has 0 aliphatic carbocycles. The summed E-state index contributed by atoms with van der Waals surface area (Å²) in [6.07, 6.45) is 0. The lowest BCUT2D eigenvalue weighted by atomic mass is 10.2. The Balaban J connectivity index is 2.04. The highest BCUT2D eigenvalue weighted by Gasteiger charge is 2.02. The molecule has 2 rings (SSSR count). The molecule has 0 unspecified atom stereocenters. The monoisotopic (exact) mass is 250 g/mol. The van der Waals surface area contributed by atoms with Crippen molar-refractivity contribution in [1.82, 2.24) is 0 Å². The zero-order chi connectivity index (χ0) is 12.3. The second-order valence-electron chi connectivity index (χ2n) is 3.84. The quantitative estimate of drug-likeness (QED) is 0.786. The van der Waals surface area contributed by atoms with Crippen LogP contribution in [0.3, 0.4) is 0 Å². The summed E-state index contributed by atoms with van der Waals surface area (Å²) in [5.74, 6) is 0.435. The van der Waals surface area contributed by atoms with Crippen LogP contribution in [0.2, 0.25) is 5.02 Å². The predicted molar refractivity (Wildman–Crippen MR) is 66.9 cm³/mol. The number of benzene rings is 2. The van der Waals surface area contributed by atoms with E-state index in [1.165, 1.54) is 17.7 Å². The maximum absolute atomic E-state index is 12.8. The molecular formula is C14H12ClFO. The van der Waals surface area contributed by atoms with E-state index in [1.54, 1.807) is 6.07 Å². The highest BCUT2D eigenvalue weighted by Crippen LogP contribution is 2.20. The summed E-state index contributed by atoms with van der Waals surface area (Å²) in [5.41, 5.74) is 1.95. The fraction of sp³-hybridized carbons (Fsp3) is 0.143. The fourth-order valence-electron chi connectivity index (χ4n) is 1.43. The lowest BCUT2D eigenvalue weighted by Gasteiger charge is -2.08. The van der Waals surface area contributed by atoms with E-state index in [1.807, 2.05) is 31.2 Å². The number of aryl methyl sites for hydroxylation is 1. The minimum atomic E-state index is -0.339. The largest absolute Gasteiger partial charge is 0.489 e. The summed E-state index contributed by atoms with van der Waals surface area (Å²) in [6, 6.07) is 12.0. The third kappa shape index (κ3) is 3.21. The molecule has 0 aromatic heterocycles. The van der Waals surface area contributed by atoms with E-state index < -0.39 is 0 Å². The first-order chi connectivity index (χ1) is 8.15. The molecule has 3 heteroatoms. The number of rotatable bonds is 3. The number of hydrogen-bond donors (Lipinski definition) is 0. The smallest absolute Gasteiger partial charge is 0.124 e. The third-order valence-electron chi connectivity index (χ3n) is 2.43. The van der Waals surface area contributed by atoms with Crippen LogP contribution < -0.4 is 4.74 Å². The summed E-state index contributed by atoms with van der Waals surface area (Å²) in [4.78, 5) is 0. The summed E-state index contributed by atoms with van der Waals surface area (Å²) >= 11 is 5.90. The molecule has 0 amide bonds. The Kier molecular flexibility index (Phi) is 3.64. The van der Waals surface area contributed by atoms with Gasteiger partial charge in [-0.2, -0.15) is 0 Å². The van der Waals surface area contributed by atoms with Gasteiger partial charge in [-0.05, 0) is 31.2 Å². The average Bonchev–Trinajstić information content (AvgIpc) is 2.30. The van der Waals surface area contributed by atoms with Gasteiger partial charge in [0.15, 0.2) is 0 Å². The Hall–Kier alpha value is -1.54. The molecular weight excluding hydrogens is 239 g/mol.